The zero-order valence-electron chi connectivity index (χ0n) is 15.9. The number of aromatic amines is 1. The summed E-state index contributed by atoms with van der Waals surface area (Å²) in [5.74, 6) is 1.66. The van der Waals surface area contributed by atoms with Gasteiger partial charge in [-0.05, 0) is 17.7 Å². The second kappa shape index (κ2) is 7.89. The molecule has 1 fully saturated rings. The van der Waals surface area contributed by atoms with Crippen LogP contribution in [0.1, 0.15) is 5.56 Å². The molecule has 0 unspecified atom stereocenters. The van der Waals surface area contributed by atoms with Crippen LogP contribution in [0.2, 0.25) is 0 Å². The molecule has 4 aromatic rings. The monoisotopic (exact) mass is 387 g/mol. The predicted octanol–water partition coefficient (Wildman–Crippen LogP) is 3.44. The van der Waals surface area contributed by atoms with Crippen LogP contribution in [0, 0.1) is 0 Å². The van der Waals surface area contributed by atoms with Crippen molar-refractivity contribution >= 4 is 16.7 Å². The van der Waals surface area contributed by atoms with Gasteiger partial charge >= 0.3 is 0 Å². The van der Waals surface area contributed by atoms with Crippen molar-refractivity contribution in [1.82, 2.24) is 20.2 Å². The molecule has 7 heteroatoms. The predicted molar refractivity (Wildman–Crippen MR) is 111 cm³/mol. The number of benzene rings is 1. The second-order valence-corrected chi connectivity index (χ2v) is 6.87. The second-order valence-electron chi connectivity index (χ2n) is 6.87. The summed E-state index contributed by atoms with van der Waals surface area (Å²) in [6, 6.07) is 16.0. The highest BCUT2D eigenvalue weighted by atomic mass is 16.5. The van der Waals surface area contributed by atoms with Gasteiger partial charge in [-0.15, -0.1) is 0 Å². The summed E-state index contributed by atoms with van der Waals surface area (Å²) in [6.07, 6.45) is 3.56. The molecule has 1 N–H and O–H groups in total. The highest BCUT2D eigenvalue weighted by molar-refractivity contribution is 5.95. The lowest BCUT2D eigenvalue weighted by molar-refractivity contribution is 0.122. The van der Waals surface area contributed by atoms with Gasteiger partial charge in [-0.25, -0.2) is 4.98 Å². The molecule has 0 saturated carbocycles. The van der Waals surface area contributed by atoms with Crippen molar-refractivity contribution in [2.75, 3.05) is 31.2 Å². The molecule has 3 aromatic heterocycles. The number of morpholine rings is 1. The van der Waals surface area contributed by atoms with Crippen molar-refractivity contribution in [3.05, 3.63) is 66.5 Å². The number of nitrogens with zero attached hydrogens (tertiary/aromatic N) is 4. The van der Waals surface area contributed by atoms with E-state index in [0.29, 0.717) is 19.8 Å². The lowest BCUT2D eigenvalue weighted by atomic mass is 10.1. The average Bonchev–Trinajstić information content (AvgIpc) is 3.33. The summed E-state index contributed by atoms with van der Waals surface area (Å²) in [6.45, 7) is 3.48. The first-order valence-corrected chi connectivity index (χ1v) is 9.68. The molecule has 146 valence electrons. The minimum absolute atomic E-state index is 0.489. The molecule has 0 bridgehead atoms. The third-order valence-corrected chi connectivity index (χ3v) is 4.99. The molecule has 4 heterocycles. The van der Waals surface area contributed by atoms with E-state index < -0.39 is 0 Å². The average molecular weight is 387 g/mol. The van der Waals surface area contributed by atoms with E-state index in [1.54, 1.807) is 12.4 Å². The smallest absolute Gasteiger partial charge is 0.133 e. The molecule has 7 nitrogen and oxygen atoms in total. The van der Waals surface area contributed by atoms with Crippen molar-refractivity contribution < 1.29 is 9.47 Å². The first-order chi connectivity index (χ1) is 14.4. The topological polar surface area (TPSA) is 76.2 Å². The molecule has 1 aromatic carbocycles. The van der Waals surface area contributed by atoms with Gasteiger partial charge in [-0.3, -0.25) is 10.1 Å². The van der Waals surface area contributed by atoms with Crippen molar-refractivity contribution in [2.45, 2.75) is 6.61 Å². The molecule has 0 amide bonds. The van der Waals surface area contributed by atoms with Gasteiger partial charge in [0.25, 0.3) is 0 Å². The summed E-state index contributed by atoms with van der Waals surface area (Å²) in [7, 11) is 0. The van der Waals surface area contributed by atoms with Crippen molar-refractivity contribution in [3.8, 4) is 17.1 Å². The molecular weight excluding hydrogens is 366 g/mol. The zero-order chi connectivity index (χ0) is 19.5. The zero-order valence-corrected chi connectivity index (χ0v) is 15.9. The molecule has 1 saturated heterocycles. The van der Waals surface area contributed by atoms with E-state index in [9.17, 15) is 0 Å². The Morgan fingerprint density at radius 1 is 1.07 bits per heavy atom. The van der Waals surface area contributed by atoms with Crippen LogP contribution < -0.4 is 9.64 Å². The van der Waals surface area contributed by atoms with Crippen LogP contribution in [-0.4, -0.2) is 46.5 Å². The number of pyridine rings is 2. The number of ether oxygens (including phenoxy) is 2. The van der Waals surface area contributed by atoms with Crippen molar-refractivity contribution in [1.29, 1.82) is 0 Å². The molecule has 1 aliphatic heterocycles. The molecule has 0 atom stereocenters. The number of nitrogens with one attached hydrogen (secondary N) is 1. The fraction of sp³-hybridized carbons (Fsp3) is 0.227. The maximum atomic E-state index is 6.26. The van der Waals surface area contributed by atoms with E-state index >= 15 is 0 Å². The van der Waals surface area contributed by atoms with E-state index in [0.717, 1.165) is 52.5 Å². The number of hydrogen-bond donors (Lipinski definition) is 1. The Morgan fingerprint density at radius 3 is 2.72 bits per heavy atom. The van der Waals surface area contributed by atoms with Crippen molar-refractivity contribution in [2.24, 2.45) is 0 Å². The molecule has 29 heavy (non-hydrogen) atoms. The van der Waals surface area contributed by atoms with Gasteiger partial charge in [0.1, 0.15) is 35.1 Å². The lowest BCUT2D eigenvalue weighted by Crippen LogP contribution is -2.36. The minimum Gasteiger partial charge on any atom is -0.488 e. The van der Waals surface area contributed by atoms with Gasteiger partial charge in [0.2, 0.25) is 0 Å². The summed E-state index contributed by atoms with van der Waals surface area (Å²) in [5.41, 5.74) is 3.40. The van der Waals surface area contributed by atoms with Gasteiger partial charge in [0, 0.05) is 36.9 Å². The fourth-order valence-electron chi connectivity index (χ4n) is 3.50. The fourth-order valence-corrected chi connectivity index (χ4v) is 3.50. The van der Waals surface area contributed by atoms with Crippen LogP contribution in [0.15, 0.2) is 60.9 Å². The standard InChI is InChI=1S/C22H21N5O2/c1-2-4-16(5-3-1)15-29-19-14-20(27-10-12-28-13-11-27)25-21-17(19)6-8-23-22(21)18-7-9-24-26-18/h1-9,14H,10-13,15H2,(H,24,26). The van der Waals surface area contributed by atoms with Gasteiger partial charge in [-0.1, -0.05) is 30.3 Å². The molecular formula is C22H21N5O2. The van der Waals surface area contributed by atoms with Crippen molar-refractivity contribution in [3.63, 3.8) is 0 Å². The van der Waals surface area contributed by atoms with E-state index in [2.05, 4.69) is 32.2 Å². The number of anilines is 1. The SMILES string of the molecule is c1ccc(COc2cc(N3CCOCC3)nc3c(-c4cc[nH]n4)nccc23)cc1. The number of H-pyrrole nitrogens is 1. The van der Waals surface area contributed by atoms with Crippen LogP contribution in [0.25, 0.3) is 22.3 Å². The van der Waals surface area contributed by atoms with Crippen LogP contribution >= 0.6 is 0 Å². The van der Waals surface area contributed by atoms with E-state index in [-0.39, 0.29) is 0 Å². The van der Waals surface area contributed by atoms with Gasteiger partial charge in [0.15, 0.2) is 0 Å². The quantitative estimate of drug-likeness (QED) is 0.565. The Bertz CT molecular complexity index is 1090. The van der Waals surface area contributed by atoms with E-state index in [4.69, 9.17) is 14.5 Å². The summed E-state index contributed by atoms with van der Waals surface area (Å²) in [4.78, 5) is 11.7. The Hall–Kier alpha value is -3.45. The van der Waals surface area contributed by atoms with Crippen LogP contribution in [0.3, 0.4) is 0 Å². The molecule has 0 radical (unpaired) electrons. The van der Waals surface area contributed by atoms with Crippen LogP contribution in [-0.2, 0) is 11.3 Å². The molecule has 0 aliphatic carbocycles. The van der Waals surface area contributed by atoms with Gasteiger partial charge in [0.05, 0.1) is 13.2 Å². The number of fused-ring (bicyclic) bond motifs is 1. The van der Waals surface area contributed by atoms with Crippen LogP contribution in [0.4, 0.5) is 5.82 Å². The molecule has 5 rings (SSSR count). The Kier molecular flexibility index (Phi) is 4.80. The number of hydrogen-bond acceptors (Lipinski definition) is 6. The first-order valence-electron chi connectivity index (χ1n) is 9.68. The van der Waals surface area contributed by atoms with Crippen LogP contribution in [0.5, 0.6) is 5.75 Å². The highest BCUT2D eigenvalue weighted by Gasteiger charge is 2.19. The van der Waals surface area contributed by atoms with Gasteiger partial charge in [-0.2, -0.15) is 5.10 Å². The number of rotatable bonds is 5. The highest BCUT2D eigenvalue weighted by Crippen LogP contribution is 2.34. The Balaban J connectivity index is 1.60. The largest absolute Gasteiger partial charge is 0.488 e. The third-order valence-electron chi connectivity index (χ3n) is 4.99. The van der Waals surface area contributed by atoms with Gasteiger partial charge < -0.3 is 14.4 Å². The van der Waals surface area contributed by atoms with E-state index in [1.165, 1.54) is 0 Å². The molecule has 0 spiro atoms. The molecule has 1 aliphatic rings. The Labute approximate surface area is 168 Å². The number of aromatic nitrogens is 4. The first kappa shape index (κ1) is 17.6. The minimum atomic E-state index is 0.489. The lowest BCUT2D eigenvalue weighted by Gasteiger charge is -2.28. The third kappa shape index (κ3) is 3.64. The maximum Gasteiger partial charge on any atom is 0.133 e. The maximum absolute atomic E-state index is 6.26. The Morgan fingerprint density at radius 2 is 1.93 bits per heavy atom. The normalized spacial score (nSPS) is 14.3. The summed E-state index contributed by atoms with van der Waals surface area (Å²) < 4.78 is 11.8. The summed E-state index contributed by atoms with van der Waals surface area (Å²) >= 11 is 0. The van der Waals surface area contributed by atoms with E-state index in [1.807, 2.05) is 36.4 Å². The summed E-state index contributed by atoms with van der Waals surface area (Å²) in [5, 5.41) is 8.08.